The first-order chi connectivity index (χ1) is 7.68. The second kappa shape index (κ2) is 5.05. The highest BCUT2D eigenvalue weighted by atomic mass is 35.5. The second-order valence-electron chi connectivity index (χ2n) is 4.86. The number of halogens is 1. The number of pyridine rings is 1. The summed E-state index contributed by atoms with van der Waals surface area (Å²) in [5.74, 6) is 1.49. The van der Waals surface area contributed by atoms with Gasteiger partial charge < -0.3 is 5.32 Å². The van der Waals surface area contributed by atoms with Gasteiger partial charge in [-0.25, -0.2) is 4.98 Å². The largest absolute Gasteiger partial charge is 0.380 e. The van der Waals surface area contributed by atoms with Crippen molar-refractivity contribution in [3.63, 3.8) is 0 Å². The first kappa shape index (κ1) is 11.7. The average Bonchev–Trinajstić information content (AvgIpc) is 2.28. The number of rotatable bonds is 2. The van der Waals surface area contributed by atoms with Gasteiger partial charge in [0.15, 0.2) is 5.15 Å². The van der Waals surface area contributed by atoms with E-state index in [4.69, 9.17) is 11.6 Å². The first-order valence-corrected chi connectivity index (χ1v) is 6.43. The van der Waals surface area contributed by atoms with E-state index in [1.165, 1.54) is 19.3 Å². The molecule has 0 bridgehead atoms. The van der Waals surface area contributed by atoms with Crippen molar-refractivity contribution in [3.05, 3.63) is 23.5 Å². The highest BCUT2D eigenvalue weighted by Crippen LogP contribution is 2.32. The van der Waals surface area contributed by atoms with Gasteiger partial charge in [-0.2, -0.15) is 0 Å². The van der Waals surface area contributed by atoms with Crippen LogP contribution in [-0.4, -0.2) is 11.0 Å². The van der Waals surface area contributed by atoms with Crippen LogP contribution in [0, 0.1) is 11.8 Å². The van der Waals surface area contributed by atoms with Crippen molar-refractivity contribution in [1.29, 1.82) is 0 Å². The van der Waals surface area contributed by atoms with Gasteiger partial charge >= 0.3 is 0 Å². The van der Waals surface area contributed by atoms with Crippen LogP contribution in [0.4, 0.5) is 5.69 Å². The molecule has 0 aromatic carbocycles. The summed E-state index contributed by atoms with van der Waals surface area (Å²) < 4.78 is 0. The van der Waals surface area contributed by atoms with Gasteiger partial charge in [0.2, 0.25) is 0 Å². The Bertz CT molecular complexity index is 354. The fourth-order valence-corrected chi connectivity index (χ4v) is 2.65. The topological polar surface area (TPSA) is 24.9 Å². The van der Waals surface area contributed by atoms with Gasteiger partial charge in [-0.3, -0.25) is 0 Å². The third-order valence-electron chi connectivity index (χ3n) is 3.81. The molecule has 0 aliphatic heterocycles. The molecule has 3 unspecified atom stereocenters. The number of nitrogens with one attached hydrogen (secondary N) is 1. The normalized spacial score (nSPS) is 30.1. The van der Waals surface area contributed by atoms with Crippen LogP contribution in [-0.2, 0) is 0 Å². The molecule has 1 N–H and O–H groups in total. The van der Waals surface area contributed by atoms with E-state index >= 15 is 0 Å². The van der Waals surface area contributed by atoms with Gasteiger partial charge in [-0.05, 0) is 30.4 Å². The quantitative estimate of drug-likeness (QED) is 0.789. The van der Waals surface area contributed by atoms with Gasteiger partial charge in [0, 0.05) is 12.2 Å². The molecule has 88 valence electrons. The maximum absolute atomic E-state index is 6.05. The summed E-state index contributed by atoms with van der Waals surface area (Å²) >= 11 is 6.05. The minimum Gasteiger partial charge on any atom is -0.380 e. The molecule has 1 aromatic heterocycles. The van der Waals surface area contributed by atoms with Crippen LogP contribution in [0.15, 0.2) is 18.3 Å². The smallest absolute Gasteiger partial charge is 0.152 e. The standard InChI is InChI=1S/C13H19ClN2/c1-9-5-3-6-11(10(9)2)16-12-7-4-8-15-13(12)14/h4,7-11,16H,3,5-6H2,1-2H3. The summed E-state index contributed by atoms with van der Waals surface area (Å²) in [5, 5.41) is 4.11. The summed E-state index contributed by atoms with van der Waals surface area (Å²) in [6.07, 6.45) is 5.61. The van der Waals surface area contributed by atoms with Crippen LogP contribution >= 0.6 is 11.6 Å². The van der Waals surface area contributed by atoms with Crippen LogP contribution in [0.2, 0.25) is 5.15 Å². The van der Waals surface area contributed by atoms with E-state index < -0.39 is 0 Å². The highest BCUT2D eigenvalue weighted by Gasteiger charge is 2.27. The van der Waals surface area contributed by atoms with Crippen LogP contribution in [0.3, 0.4) is 0 Å². The Kier molecular flexibility index (Phi) is 3.70. The van der Waals surface area contributed by atoms with Crippen LogP contribution in [0.5, 0.6) is 0 Å². The molecule has 3 heteroatoms. The molecule has 1 aliphatic carbocycles. The van der Waals surface area contributed by atoms with Crippen LogP contribution in [0.25, 0.3) is 0 Å². The molecule has 1 aromatic rings. The van der Waals surface area contributed by atoms with Crippen LogP contribution in [0.1, 0.15) is 33.1 Å². The molecule has 0 radical (unpaired) electrons. The molecule has 3 atom stereocenters. The predicted molar refractivity (Wildman–Crippen MR) is 68.8 cm³/mol. The Morgan fingerprint density at radius 3 is 2.94 bits per heavy atom. The Balaban J connectivity index is 2.06. The minimum atomic E-state index is 0.533. The SMILES string of the molecule is CC1CCCC(Nc2cccnc2Cl)C1C. The molecular formula is C13H19ClN2. The zero-order valence-corrected chi connectivity index (χ0v) is 10.7. The summed E-state index contributed by atoms with van der Waals surface area (Å²) in [5.41, 5.74) is 0.968. The molecule has 0 saturated heterocycles. The Morgan fingerprint density at radius 1 is 1.38 bits per heavy atom. The Hall–Kier alpha value is -0.760. The van der Waals surface area contributed by atoms with Crippen molar-refractivity contribution in [2.45, 2.75) is 39.2 Å². The second-order valence-corrected chi connectivity index (χ2v) is 5.22. The van der Waals surface area contributed by atoms with E-state index in [0.29, 0.717) is 17.1 Å². The lowest BCUT2D eigenvalue weighted by Crippen LogP contribution is -2.35. The Labute approximate surface area is 102 Å². The van der Waals surface area contributed by atoms with E-state index in [0.717, 1.165) is 11.6 Å². The van der Waals surface area contributed by atoms with Gasteiger partial charge in [0.1, 0.15) is 0 Å². The van der Waals surface area contributed by atoms with Crippen molar-refractivity contribution >= 4 is 17.3 Å². The van der Waals surface area contributed by atoms with E-state index in [1.54, 1.807) is 6.20 Å². The molecule has 1 fully saturated rings. The van der Waals surface area contributed by atoms with E-state index in [1.807, 2.05) is 12.1 Å². The van der Waals surface area contributed by atoms with Crippen molar-refractivity contribution in [3.8, 4) is 0 Å². The van der Waals surface area contributed by atoms with Crippen molar-refractivity contribution in [2.24, 2.45) is 11.8 Å². The third-order valence-corrected chi connectivity index (χ3v) is 4.11. The van der Waals surface area contributed by atoms with E-state index in [-0.39, 0.29) is 0 Å². The molecule has 1 heterocycles. The Morgan fingerprint density at radius 2 is 2.19 bits per heavy atom. The number of hydrogen-bond acceptors (Lipinski definition) is 2. The van der Waals surface area contributed by atoms with Crippen molar-refractivity contribution < 1.29 is 0 Å². The first-order valence-electron chi connectivity index (χ1n) is 6.05. The summed E-state index contributed by atoms with van der Waals surface area (Å²) in [7, 11) is 0. The van der Waals surface area contributed by atoms with Crippen LogP contribution < -0.4 is 5.32 Å². The maximum Gasteiger partial charge on any atom is 0.152 e. The lowest BCUT2D eigenvalue weighted by molar-refractivity contribution is 0.253. The number of anilines is 1. The minimum absolute atomic E-state index is 0.533. The lowest BCUT2D eigenvalue weighted by Gasteiger charge is -2.35. The highest BCUT2D eigenvalue weighted by molar-refractivity contribution is 6.31. The van der Waals surface area contributed by atoms with Crippen molar-refractivity contribution in [1.82, 2.24) is 4.98 Å². The van der Waals surface area contributed by atoms with Crippen molar-refractivity contribution in [2.75, 3.05) is 5.32 Å². The van der Waals surface area contributed by atoms with E-state index in [2.05, 4.69) is 24.1 Å². The molecule has 1 saturated carbocycles. The molecule has 2 rings (SSSR count). The average molecular weight is 239 g/mol. The molecule has 1 aliphatic rings. The third kappa shape index (κ3) is 2.49. The molecule has 16 heavy (non-hydrogen) atoms. The summed E-state index contributed by atoms with van der Waals surface area (Å²) in [6.45, 7) is 4.66. The number of aromatic nitrogens is 1. The summed E-state index contributed by atoms with van der Waals surface area (Å²) in [4.78, 5) is 4.09. The molecule has 0 amide bonds. The fourth-order valence-electron chi connectivity index (χ4n) is 2.48. The number of nitrogens with zero attached hydrogens (tertiary/aromatic N) is 1. The predicted octanol–water partition coefficient (Wildman–Crippen LogP) is 3.97. The van der Waals surface area contributed by atoms with Gasteiger partial charge in [0.05, 0.1) is 5.69 Å². The zero-order valence-electron chi connectivity index (χ0n) is 9.91. The number of hydrogen-bond donors (Lipinski definition) is 1. The monoisotopic (exact) mass is 238 g/mol. The molecule has 2 nitrogen and oxygen atoms in total. The maximum atomic E-state index is 6.05. The van der Waals surface area contributed by atoms with Gasteiger partial charge in [-0.15, -0.1) is 0 Å². The van der Waals surface area contributed by atoms with E-state index in [9.17, 15) is 0 Å². The molecule has 0 spiro atoms. The molecular weight excluding hydrogens is 220 g/mol. The zero-order chi connectivity index (χ0) is 11.5. The van der Waals surface area contributed by atoms with Gasteiger partial charge in [-0.1, -0.05) is 38.3 Å². The van der Waals surface area contributed by atoms with Gasteiger partial charge in [0.25, 0.3) is 0 Å². The lowest BCUT2D eigenvalue weighted by atomic mass is 9.78. The summed E-state index contributed by atoms with van der Waals surface area (Å²) in [6, 6.07) is 4.46. The fraction of sp³-hybridized carbons (Fsp3) is 0.615.